The molecule has 4 aromatic rings. The number of rotatable bonds is 12. The Morgan fingerprint density at radius 3 is 1.25 bits per heavy atom. The zero-order valence-electron chi connectivity index (χ0n) is 28.4. The Balaban J connectivity index is 0.000000668. The summed E-state index contributed by atoms with van der Waals surface area (Å²) in [5, 5.41) is 68.2. The number of aliphatic carboxylic acids is 5. The van der Waals surface area contributed by atoms with E-state index in [9.17, 15) is 24.0 Å². The first-order chi connectivity index (χ1) is 24.8. The van der Waals surface area contributed by atoms with Gasteiger partial charge in [-0.15, -0.1) is 0 Å². The molecular weight excluding hydrogens is 700 g/mol. The Labute approximate surface area is 302 Å². The highest BCUT2D eigenvalue weighted by atomic mass is 16.4. The fourth-order valence-electron chi connectivity index (χ4n) is 3.65. The van der Waals surface area contributed by atoms with Gasteiger partial charge in [0.15, 0.2) is 0 Å². The number of nitrogens with one attached hydrogen (secondary N) is 1. The van der Waals surface area contributed by atoms with Gasteiger partial charge in [-0.2, -0.15) is 0 Å². The molecule has 4 rings (SSSR count). The van der Waals surface area contributed by atoms with E-state index in [2.05, 4.69) is 10.7 Å². The second-order valence-electron chi connectivity index (χ2n) is 10.9. The zero-order valence-corrected chi connectivity index (χ0v) is 28.4. The van der Waals surface area contributed by atoms with Gasteiger partial charge in [0.05, 0.1) is 13.2 Å². The lowest BCUT2D eigenvalue weighted by molar-refractivity contribution is -0.140. The summed E-state index contributed by atoms with van der Waals surface area (Å²) in [7, 11) is 0. The van der Waals surface area contributed by atoms with Crippen molar-refractivity contribution < 1.29 is 64.8 Å². The first kappa shape index (κ1) is 46.9. The fraction of sp³-hybridized carbons (Fsp3) is 0.265. The van der Waals surface area contributed by atoms with Crippen LogP contribution < -0.4 is 28.7 Å². The molecular formula is C34H46N6O13. The molecule has 0 saturated heterocycles. The summed E-state index contributed by atoms with van der Waals surface area (Å²) >= 11 is 0. The van der Waals surface area contributed by atoms with Gasteiger partial charge in [-0.3, -0.25) is 24.0 Å². The van der Waals surface area contributed by atoms with Gasteiger partial charge < -0.3 is 74.5 Å². The van der Waals surface area contributed by atoms with Gasteiger partial charge in [0.25, 0.3) is 0 Å². The summed E-state index contributed by atoms with van der Waals surface area (Å²) in [5.74, 6) is -4.84. The van der Waals surface area contributed by atoms with E-state index in [0.29, 0.717) is 6.42 Å². The van der Waals surface area contributed by atoms with Crippen LogP contribution in [0.1, 0.15) is 16.7 Å². The van der Waals surface area contributed by atoms with E-state index in [4.69, 9.17) is 63.8 Å². The number of fused-ring (bicyclic) bond motifs is 1. The highest BCUT2D eigenvalue weighted by Gasteiger charge is 2.15. The quantitative estimate of drug-likeness (QED) is 0.0846. The van der Waals surface area contributed by atoms with Gasteiger partial charge in [0, 0.05) is 23.5 Å². The molecule has 0 fully saturated rings. The van der Waals surface area contributed by atoms with Crippen LogP contribution in [0.15, 0.2) is 79.0 Å². The van der Waals surface area contributed by atoms with Crippen molar-refractivity contribution in [1.82, 2.24) is 4.98 Å². The van der Waals surface area contributed by atoms with Crippen LogP contribution in [0.3, 0.4) is 0 Å². The fourth-order valence-corrected chi connectivity index (χ4v) is 3.65. The molecule has 0 saturated carbocycles. The molecule has 3 aromatic carbocycles. The Hall–Kier alpha value is -6.09. The van der Waals surface area contributed by atoms with E-state index in [1.807, 2.05) is 30.5 Å². The van der Waals surface area contributed by atoms with Crippen LogP contribution in [0.5, 0.6) is 11.5 Å². The van der Waals surface area contributed by atoms with Gasteiger partial charge in [0.2, 0.25) is 0 Å². The van der Waals surface area contributed by atoms with Crippen LogP contribution in [-0.2, 0) is 43.2 Å². The van der Waals surface area contributed by atoms with Gasteiger partial charge >= 0.3 is 29.8 Å². The van der Waals surface area contributed by atoms with E-state index < -0.39 is 60.6 Å². The van der Waals surface area contributed by atoms with Crippen molar-refractivity contribution in [2.24, 2.45) is 28.7 Å². The van der Waals surface area contributed by atoms with Crippen LogP contribution in [0.25, 0.3) is 10.9 Å². The van der Waals surface area contributed by atoms with Gasteiger partial charge in [-0.05, 0) is 59.9 Å². The lowest BCUT2D eigenvalue weighted by Crippen LogP contribution is -2.33. The molecule has 0 radical (unpaired) electrons. The summed E-state index contributed by atoms with van der Waals surface area (Å²) in [6, 6.07) is 16.6. The molecule has 4 unspecified atom stereocenters. The van der Waals surface area contributed by atoms with Crippen LogP contribution in [-0.4, -0.2) is 113 Å². The van der Waals surface area contributed by atoms with Crippen molar-refractivity contribution in [3.8, 4) is 11.5 Å². The third-order valence-electron chi connectivity index (χ3n) is 6.54. The van der Waals surface area contributed by atoms with Crippen LogP contribution in [0.2, 0.25) is 0 Å². The second kappa shape index (κ2) is 25.0. The Morgan fingerprint density at radius 2 is 0.925 bits per heavy atom. The van der Waals surface area contributed by atoms with E-state index in [1.54, 1.807) is 24.3 Å². The Kier molecular flexibility index (Phi) is 22.1. The molecule has 0 aliphatic carbocycles. The summed E-state index contributed by atoms with van der Waals surface area (Å²) < 4.78 is 0. The number of benzene rings is 3. The predicted octanol–water partition coefficient (Wildman–Crippen LogP) is -0.764. The van der Waals surface area contributed by atoms with Gasteiger partial charge in [-0.1, -0.05) is 42.5 Å². The number of phenols is 2. The molecule has 19 heteroatoms. The molecule has 4 atom stereocenters. The number of aromatic amines is 1. The third-order valence-corrected chi connectivity index (χ3v) is 6.54. The second-order valence-corrected chi connectivity index (χ2v) is 10.9. The number of aromatic hydroxyl groups is 2. The maximum Gasteiger partial charge on any atom is 0.322 e. The van der Waals surface area contributed by atoms with Crippen LogP contribution >= 0.6 is 0 Å². The number of carbonyl (C=O) groups is 5. The SMILES string of the molecule is NC(CO)C(=O)O.NC(Cc1c[nH]c2ccccc12)C(=O)O.NC(Cc1ccc(O)cc1)C(=O)O.NC(Cc1ccc(O)cc1)C(=O)O.NCC(=O)O. The smallest absolute Gasteiger partial charge is 0.322 e. The minimum absolute atomic E-state index is 0.160. The Bertz CT molecular complexity index is 1650. The molecule has 0 spiro atoms. The number of H-pyrrole nitrogens is 1. The monoisotopic (exact) mass is 746 g/mol. The topological polar surface area (TPSA) is 393 Å². The standard InChI is InChI=1S/C11H12N2O2.2C9H11NO3.C3H7NO3.C2H5NO2/c12-9(11(14)15)5-7-6-13-10-4-2-1-3-8(7)10;2*10-8(9(12)13)5-6-1-3-7(11)4-2-6;4-2(1-5)3(6)7;3-1-2(4)5/h1-4,6,9,13H,5,12H2,(H,14,15);2*1-4,8,11H,5,10H2,(H,12,13);2,5H,1,4H2,(H,6,7);1,3H2,(H,4,5). The number of phenolic OH excluding ortho intramolecular Hbond substituents is 2. The largest absolute Gasteiger partial charge is 0.508 e. The van der Waals surface area contributed by atoms with Crippen molar-refractivity contribution in [3.63, 3.8) is 0 Å². The van der Waals surface area contributed by atoms with Crippen LogP contribution in [0.4, 0.5) is 0 Å². The number of hydrogen-bond acceptors (Lipinski definition) is 13. The predicted molar refractivity (Wildman–Crippen MR) is 192 cm³/mol. The number of para-hydroxylation sites is 1. The van der Waals surface area contributed by atoms with E-state index >= 15 is 0 Å². The van der Waals surface area contributed by atoms with Crippen molar-refractivity contribution in [1.29, 1.82) is 0 Å². The maximum absolute atomic E-state index is 10.6. The van der Waals surface area contributed by atoms with E-state index in [1.165, 1.54) is 24.3 Å². The summed E-state index contributed by atoms with van der Waals surface area (Å²) in [4.78, 5) is 53.4. The number of nitrogens with two attached hydrogens (primary N) is 5. The summed E-state index contributed by atoms with van der Waals surface area (Å²) in [6.07, 6.45) is 2.71. The molecule has 1 heterocycles. The van der Waals surface area contributed by atoms with Crippen molar-refractivity contribution >= 4 is 40.7 Å². The highest BCUT2D eigenvalue weighted by molar-refractivity contribution is 5.84. The highest BCUT2D eigenvalue weighted by Crippen LogP contribution is 2.18. The number of aliphatic hydroxyl groups excluding tert-OH is 1. The molecule has 0 aliphatic rings. The molecule has 53 heavy (non-hydrogen) atoms. The van der Waals surface area contributed by atoms with E-state index in [0.717, 1.165) is 27.6 Å². The molecule has 0 amide bonds. The number of aromatic nitrogens is 1. The summed E-state index contributed by atoms with van der Waals surface area (Å²) in [6.45, 7) is -0.782. The lowest BCUT2D eigenvalue weighted by Gasteiger charge is -2.05. The first-order valence-corrected chi connectivity index (χ1v) is 15.4. The molecule has 19 N–H and O–H groups in total. The zero-order chi connectivity index (χ0) is 40.7. The third kappa shape index (κ3) is 20.4. The molecule has 0 aliphatic heterocycles. The average Bonchev–Trinajstić information content (AvgIpc) is 3.53. The molecule has 0 bridgehead atoms. The van der Waals surface area contributed by atoms with Crippen LogP contribution in [0, 0.1) is 0 Å². The van der Waals surface area contributed by atoms with Gasteiger partial charge in [-0.25, -0.2) is 0 Å². The lowest BCUT2D eigenvalue weighted by atomic mass is 10.1. The van der Waals surface area contributed by atoms with Crippen molar-refractivity contribution in [3.05, 3.63) is 95.7 Å². The number of hydrogen-bond donors (Lipinski definition) is 14. The van der Waals surface area contributed by atoms with Crippen molar-refractivity contribution in [2.75, 3.05) is 13.2 Å². The Morgan fingerprint density at radius 1 is 0.566 bits per heavy atom. The maximum atomic E-state index is 10.6. The number of carboxylic acids is 5. The molecule has 1 aromatic heterocycles. The minimum atomic E-state index is -1.18. The number of aliphatic hydroxyl groups is 1. The minimum Gasteiger partial charge on any atom is -0.508 e. The van der Waals surface area contributed by atoms with E-state index in [-0.39, 0.29) is 30.9 Å². The van der Waals surface area contributed by atoms with Gasteiger partial charge in [0.1, 0.15) is 35.7 Å². The normalized spacial score (nSPS) is 12.2. The molecule has 19 nitrogen and oxygen atoms in total. The average molecular weight is 747 g/mol. The first-order valence-electron chi connectivity index (χ1n) is 15.4. The molecule has 290 valence electrons. The van der Waals surface area contributed by atoms with Crippen molar-refractivity contribution in [2.45, 2.75) is 43.4 Å². The number of carboxylic acid groups (broad SMARTS) is 5. The summed E-state index contributed by atoms with van der Waals surface area (Å²) in [5.41, 5.74) is 29.0.